The van der Waals surface area contributed by atoms with Crippen LogP contribution in [0.15, 0.2) is 82.1 Å². The molecule has 0 saturated carbocycles. The first-order valence-electron chi connectivity index (χ1n) is 13.9. The summed E-state index contributed by atoms with van der Waals surface area (Å²) < 4.78 is 17.0. The van der Waals surface area contributed by atoms with Gasteiger partial charge >= 0.3 is 17.7 Å². The second kappa shape index (κ2) is 11.6. The number of H-pyrrole nitrogens is 1. The topological polar surface area (TPSA) is 111 Å². The maximum atomic E-state index is 13.6. The highest BCUT2D eigenvalue weighted by Crippen LogP contribution is 2.30. The fourth-order valence-electron chi connectivity index (χ4n) is 5.03. The minimum absolute atomic E-state index is 0.172. The van der Waals surface area contributed by atoms with Crippen LogP contribution in [0.5, 0.6) is 5.75 Å². The lowest BCUT2D eigenvalue weighted by atomic mass is 9.98. The Morgan fingerprint density at radius 3 is 2.38 bits per heavy atom. The zero-order valence-corrected chi connectivity index (χ0v) is 24.4. The Morgan fingerprint density at radius 2 is 1.64 bits per heavy atom. The monoisotopic (exact) mass is 566 g/mol. The summed E-state index contributed by atoms with van der Waals surface area (Å²) in [6.07, 6.45) is 1.71. The predicted octanol–water partition coefficient (Wildman–Crippen LogP) is 6.52. The molecule has 2 heterocycles. The third-order valence-electron chi connectivity index (χ3n) is 7.16. The number of esters is 1. The van der Waals surface area contributed by atoms with Gasteiger partial charge in [-0.15, -0.1) is 0 Å². The Labute approximate surface area is 243 Å². The Bertz CT molecular complexity index is 1830. The smallest absolute Gasteiger partial charge is 0.408 e. The number of fused-ring (bicyclic) bond motifs is 2. The molecule has 0 saturated heterocycles. The number of nitrogens with one attached hydrogen (secondary N) is 2. The number of rotatable bonds is 7. The minimum Gasteiger partial charge on any atom is -0.444 e. The molecule has 216 valence electrons. The Hall–Kier alpha value is -4.85. The number of para-hydroxylation sites is 1. The molecule has 5 aromatic rings. The first kappa shape index (κ1) is 28.7. The fraction of sp³-hybridized carbons (Fsp3) is 0.265. The summed E-state index contributed by atoms with van der Waals surface area (Å²) in [7, 11) is 0. The number of aromatic amines is 1. The summed E-state index contributed by atoms with van der Waals surface area (Å²) in [5, 5.41) is 4.38. The van der Waals surface area contributed by atoms with Crippen molar-refractivity contribution in [3.05, 3.63) is 111 Å². The van der Waals surface area contributed by atoms with Crippen molar-refractivity contribution in [3.8, 4) is 5.75 Å². The number of hydrogen-bond acceptors (Lipinski definition) is 6. The molecule has 1 atom stereocenters. The predicted molar refractivity (Wildman–Crippen MR) is 162 cm³/mol. The molecule has 0 radical (unpaired) electrons. The number of benzene rings is 3. The normalized spacial score (nSPS) is 12.3. The molecule has 8 heteroatoms. The molecule has 0 fully saturated rings. The van der Waals surface area contributed by atoms with E-state index in [2.05, 4.69) is 10.3 Å². The van der Waals surface area contributed by atoms with E-state index in [1.807, 2.05) is 67.7 Å². The number of carbonyl (C=O) groups excluding carboxylic acids is 2. The van der Waals surface area contributed by atoms with Crippen LogP contribution >= 0.6 is 0 Å². The van der Waals surface area contributed by atoms with Crippen molar-refractivity contribution in [2.45, 2.75) is 59.1 Å². The average Bonchev–Trinajstić information content (AvgIpc) is 3.35. The summed E-state index contributed by atoms with van der Waals surface area (Å²) in [6.45, 7) is 8.88. The fourth-order valence-corrected chi connectivity index (χ4v) is 5.03. The molecule has 1 amide bonds. The van der Waals surface area contributed by atoms with Gasteiger partial charge in [0.2, 0.25) is 0 Å². The van der Waals surface area contributed by atoms with E-state index >= 15 is 0 Å². The number of aryl methyl sites for hydroxylation is 2. The van der Waals surface area contributed by atoms with E-state index in [9.17, 15) is 14.4 Å². The lowest BCUT2D eigenvalue weighted by Gasteiger charge is -2.23. The second-order valence-corrected chi connectivity index (χ2v) is 11.4. The van der Waals surface area contributed by atoms with Crippen LogP contribution in [0, 0.1) is 13.8 Å². The van der Waals surface area contributed by atoms with E-state index in [-0.39, 0.29) is 12.2 Å². The van der Waals surface area contributed by atoms with Gasteiger partial charge in [0.15, 0.2) is 0 Å². The number of carbonyl (C=O) groups is 2. The standard InChI is InChI=1S/C34H34N2O6/c1-20-24-15-16-29(21(2)30(24)41-31(37)26(20)17-22-11-7-6-8-12-22)40-32(38)28(36-33(39)42-34(3,4)5)18-23-19-35-27-14-10-9-13-25(23)27/h6-16,19,28,35H,17-18H2,1-5H3,(H,36,39)/t28-/m1/s1. The SMILES string of the molecule is Cc1c(Cc2ccccc2)c(=O)oc2c(C)c(OC(=O)[C@@H](Cc3c[nH]c4ccccc34)NC(=O)OC(C)(C)C)ccc12. The Kier molecular flexibility index (Phi) is 7.89. The van der Waals surface area contributed by atoms with E-state index < -0.39 is 29.3 Å². The molecule has 42 heavy (non-hydrogen) atoms. The molecule has 5 rings (SSSR count). The number of aromatic nitrogens is 1. The molecule has 0 aliphatic heterocycles. The number of ether oxygens (including phenoxy) is 2. The van der Waals surface area contributed by atoms with Crippen molar-refractivity contribution in [2.24, 2.45) is 0 Å². The lowest BCUT2D eigenvalue weighted by Crippen LogP contribution is -2.46. The van der Waals surface area contributed by atoms with Gasteiger partial charge in [-0.2, -0.15) is 0 Å². The third kappa shape index (κ3) is 6.22. The van der Waals surface area contributed by atoms with Crippen LogP contribution in [0.4, 0.5) is 4.79 Å². The van der Waals surface area contributed by atoms with Crippen molar-refractivity contribution < 1.29 is 23.5 Å². The number of alkyl carbamates (subject to hydrolysis) is 1. The lowest BCUT2D eigenvalue weighted by molar-refractivity contribution is -0.136. The highest BCUT2D eigenvalue weighted by Gasteiger charge is 2.28. The van der Waals surface area contributed by atoms with Gasteiger partial charge in [0.25, 0.3) is 0 Å². The van der Waals surface area contributed by atoms with Crippen LogP contribution in [0.2, 0.25) is 0 Å². The van der Waals surface area contributed by atoms with E-state index in [1.54, 1.807) is 39.8 Å². The molecule has 2 aromatic heterocycles. The van der Waals surface area contributed by atoms with E-state index in [4.69, 9.17) is 13.9 Å². The molecular weight excluding hydrogens is 532 g/mol. The first-order chi connectivity index (χ1) is 20.0. The molecule has 0 bridgehead atoms. The van der Waals surface area contributed by atoms with Crippen LogP contribution in [0.3, 0.4) is 0 Å². The molecule has 8 nitrogen and oxygen atoms in total. The van der Waals surface area contributed by atoms with Gasteiger partial charge < -0.3 is 24.2 Å². The van der Waals surface area contributed by atoms with Crippen molar-refractivity contribution in [1.29, 1.82) is 0 Å². The summed E-state index contributed by atoms with van der Waals surface area (Å²) >= 11 is 0. The van der Waals surface area contributed by atoms with Gasteiger partial charge in [-0.25, -0.2) is 14.4 Å². The summed E-state index contributed by atoms with van der Waals surface area (Å²) in [5.74, 6) is -0.436. The van der Waals surface area contributed by atoms with Gasteiger partial charge in [0.05, 0.1) is 0 Å². The summed E-state index contributed by atoms with van der Waals surface area (Å²) in [4.78, 5) is 42.5. The van der Waals surface area contributed by atoms with Crippen LogP contribution in [-0.2, 0) is 22.4 Å². The zero-order valence-electron chi connectivity index (χ0n) is 24.4. The van der Waals surface area contributed by atoms with Crippen molar-refractivity contribution in [2.75, 3.05) is 0 Å². The third-order valence-corrected chi connectivity index (χ3v) is 7.16. The van der Waals surface area contributed by atoms with E-state index in [0.29, 0.717) is 23.1 Å². The molecule has 2 N–H and O–H groups in total. The van der Waals surface area contributed by atoms with Gasteiger partial charge in [-0.1, -0.05) is 48.5 Å². The van der Waals surface area contributed by atoms with Crippen LogP contribution in [-0.4, -0.2) is 28.7 Å². The molecular formula is C34H34N2O6. The zero-order chi connectivity index (χ0) is 30.0. The van der Waals surface area contributed by atoms with E-state index in [0.717, 1.165) is 33.0 Å². The maximum Gasteiger partial charge on any atom is 0.408 e. The molecule has 3 aromatic carbocycles. The van der Waals surface area contributed by atoms with Crippen LogP contribution in [0.25, 0.3) is 21.9 Å². The molecule has 0 spiro atoms. The molecule has 0 aliphatic rings. The van der Waals surface area contributed by atoms with Crippen molar-refractivity contribution >= 4 is 33.9 Å². The molecule has 0 unspecified atom stereocenters. The van der Waals surface area contributed by atoms with Gasteiger partial charge in [0.1, 0.15) is 23.0 Å². The highest BCUT2D eigenvalue weighted by molar-refractivity contribution is 5.89. The Balaban J connectivity index is 1.44. The number of amides is 1. The first-order valence-corrected chi connectivity index (χ1v) is 13.9. The summed E-state index contributed by atoms with van der Waals surface area (Å²) in [6, 6.07) is 19.9. The summed E-state index contributed by atoms with van der Waals surface area (Å²) in [5.41, 5.74) is 3.85. The second-order valence-electron chi connectivity index (χ2n) is 11.4. The van der Waals surface area contributed by atoms with Gasteiger partial charge in [0, 0.05) is 46.5 Å². The average molecular weight is 567 g/mol. The highest BCUT2D eigenvalue weighted by atomic mass is 16.6. The quantitative estimate of drug-likeness (QED) is 0.132. The van der Waals surface area contributed by atoms with Crippen LogP contribution < -0.4 is 15.7 Å². The largest absolute Gasteiger partial charge is 0.444 e. The van der Waals surface area contributed by atoms with E-state index in [1.165, 1.54) is 0 Å². The van der Waals surface area contributed by atoms with Gasteiger partial charge in [-0.05, 0) is 69.5 Å². The van der Waals surface area contributed by atoms with Crippen LogP contribution in [0.1, 0.15) is 48.6 Å². The molecule has 0 aliphatic carbocycles. The maximum absolute atomic E-state index is 13.6. The minimum atomic E-state index is -1.05. The van der Waals surface area contributed by atoms with Gasteiger partial charge in [-0.3, -0.25) is 0 Å². The Morgan fingerprint density at radius 1 is 0.929 bits per heavy atom. The number of hydrogen-bond donors (Lipinski definition) is 2. The van der Waals surface area contributed by atoms with Crippen molar-refractivity contribution in [1.82, 2.24) is 10.3 Å². The van der Waals surface area contributed by atoms with Crippen molar-refractivity contribution in [3.63, 3.8) is 0 Å².